The molecular weight excluding hydrogens is 262 g/mol. The molecule has 0 fully saturated rings. The zero-order valence-electron chi connectivity index (χ0n) is 11.5. The van der Waals surface area contributed by atoms with E-state index in [9.17, 15) is 14.7 Å². The number of carboxylic acids is 1. The molecule has 4 N–H and O–H groups in total. The molecule has 0 aliphatic carbocycles. The fraction of sp³-hybridized carbons (Fsp3) is 0.429. The maximum Gasteiger partial charge on any atom is 0.310 e. The van der Waals surface area contributed by atoms with Gasteiger partial charge in [0, 0.05) is 0 Å². The van der Waals surface area contributed by atoms with Crippen LogP contribution in [0.4, 0.5) is 5.69 Å². The lowest BCUT2D eigenvalue weighted by Gasteiger charge is -2.20. The number of ether oxygens (including phenoxy) is 1. The van der Waals surface area contributed by atoms with E-state index in [0.29, 0.717) is 5.56 Å². The number of carbonyl (C=O) groups is 2. The van der Waals surface area contributed by atoms with Crippen LogP contribution in [0.1, 0.15) is 19.4 Å². The number of nitrogens with two attached hydrogens (primary N) is 1. The van der Waals surface area contributed by atoms with Crippen molar-refractivity contribution in [1.29, 1.82) is 0 Å². The fourth-order valence-corrected chi connectivity index (χ4v) is 1.90. The Labute approximate surface area is 117 Å². The second-order valence-electron chi connectivity index (χ2n) is 4.54. The van der Waals surface area contributed by atoms with Crippen molar-refractivity contribution in [2.24, 2.45) is 11.8 Å². The van der Waals surface area contributed by atoms with Crippen LogP contribution in [0.15, 0.2) is 18.2 Å². The number of esters is 1. The molecule has 2 atom stereocenters. The molecule has 0 saturated carbocycles. The highest BCUT2D eigenvalue weighted by atomic mass is 16.5. The zero-order chi connectivity index (χ0) is 15.3. The van der Waals surface area contributed by atoms with Crippen molar-refractivity contribution < 1.29 is 24.5 Å². The molecule has 6 nitrogen and oxygen atoms in total. The summed E-state index contributed by atoms with van der Waals surface area (Å²) < 4.78 is 4.90. The molecule has 2 unspecified atom stereocenters. The van der Waals surface area contributed by atoms with Crippen LogP contribution in [-0.2, 0) is 20.7 Å². The Balaban J connectivity index is 3.03. The third-order valence-corrected chi connectivity index (χ3v) is 3.17. The van der Waals surface area contributed by atoms with Crippen LogP contribution in [0.5, 0.6) is 5.75 Å². The number of hydrogen-bond acceptors (Lipinski definition) is 5. The number of para-hydroxylation sites is 1. The summed E-state index contributed by atoms with van der Waals surface area (Å²) in [5, 5.41) is 18.9. The standard InChI is InChI=1S/C14H19NO5/c1-3-20-14(19)10(8(2)13(17)18)7-9-5-4-6-11(15)12(9)16/h4-6,8,10,16H,3,7,15H2,1-2H3,(H,17,18). The highest BCUT2D eigenvalue weighted by Crippen LogP contribution is 2.29. The molecule has 0 spiro atoms. The molecule has 20 heavy (non-hydrogen) atoms. The smallest absolute Gasteiger partial charge is 0.310 e. The molecule has 1 aromatic carbocycles. The molecule has 0 aliphatic rings. The Kier molecular flexibility index (Phi) is 5.37. The van der Waals surface area contributed by atoms with Gasteiger partial charge in [-0.15, -0.1) is 0 Å². The summed E-state index contributed by atoms with van der Waals surface area (Å²) in [6.07, 6.45) is 0.0587. The Morgan fingerprint density at radius 3 is 2.60 bits per heavy atom. The molecule has 6 heteroatoms. The van der Waals surface area contributed by atoms with Crippen LogP contribution >= 0.6 is 0 Å². The SMILES string of the molecule is CCOC(=O)C(Cc1cccc(N)c1O)C(C)C(=O)O. The van der Waals surface area contributed by atoms with Crippen molar-refractivity contribution >= 4 is 17.6 Å². The van der Waals surface area contributed by atoms with Crippen molar-refractivity contribution in [3.63, 3.8) is 0 Å². The van der Waals surface area contributed by atoms with Gasteiger partial charge in [0.15, 0.2) is 0 Å². The van der Waals surface area contributed by atoms with Crippen molar-refractivity contribution in [3.05, 3.63) is 23.8 Å². The molecule has 0 aliphatic heterocycles. The van der Waals surface area contributed by atoms with Crippen LogP contribution in [0.2, 0.25) is 0 Å². The van der Waals surface area contributed by atoms with Gasteiger partial charge in [0.1, 0.15) is 5.75 Å². The topological polar surface area (TPSA) is 110 Å². The average Bonchev–Trinajstić information content (AvgIpc) is 2.39. The van der Waals surface area contributed by atoms with Crippen LogP contribution in [-0.4, -0.2) is 28.8 Å². The lowest BCUT2D eigenvalue weighted by atomic mass is 9.87. The van der Waals surface area contributed by atoms with Gasteiger partial charge in [-0.2, -0.15) is 0 Å². The number of nitrogen functional groups attached to an aromatic ring is 1. The number of carboxylic acid groups (broad SMARTS) is 1. The highest BCUT2D eigenvalue weighted by Gasteiger charge is 2.32. The number of carbonyl (C=O) groups excluding carboxylic acids is 1. The van der Waals surface area contributed by atoms with Crippen molar-refractivity contribution in [2.75, 3.05) is 12.3 Å². The lowest BCUT2D eigenvalue weighted by Crippen LogP contribution is -2.31. The predicted octanol–water partition coefficient (Wildman–Crippen LogP) is 1.42. The van der Waals surface area contributed by atoms with E-state index in [1.807, 2.05) is 0 Å². The lowest BCUT2D eigenvalue weighted by molar-refractivity contribution is -0.156. The third-order valence-electron chi connectivity index (χ3n) is 3.17. The van der Waals surface area contributed by atoms with Gasteiger partial charge >= 0.3 is 11.9 Å². The third kappa shape index (κ3) is 3.63. The van der Waals surface area contributed by atoms with E-state index in [0.717, 1.165) is 0 Å². The highest BCUT2D eigenvalue weighted by molar-refractivity contribution is 5.81. The van der Waals surface area contributed by atoms with E-state index in [1.165, 1.54) is 13.0 Å². The normalized spacial score (nSPS) is 13.5. The van der Waals surface area contributed by atoms with Gasteiger partial charge in [-0.05, 0) is 25.0 Å². The predicted molar refractivity (Wildman–Crippen MR) is 73.1 cm³/mol. The number of hydrogen-bond donors (Lipinski definition) is 3. The molecule has 0 heterocycles. The van der Waals surface area contributed by atoms with E-state index >= 15 is 0 Å². The minimum atomic E-state index is -1.09. The Morgan fingerprint density at radius 2 is 2.05 bits per heavy atom. The summed E-state index contributed by atoms with van der Waals surface area (Å²) in [6, 6.07) is 4.77. The number of anilines is 1. The first-order valence-electron chi connectivity index (χ1n) is 6.34. The van der Waals surface area contributed by atoms with Gasteiger partial charge in [0.2, 0.25) is 0 Å². The second-order valence-corrected chi connectivity index (χ2v) is 4.54. The molecule has 0 saturated heterocycles. The number of aromatic hydroxyl groups is 1. The maximum atomic E-state index is 11.9. The minimum absolute atomic E-state index is 0.0587. The molecule has 0 radical (unpaired) electrons. The van der Waals surface area contributed by atoms with Gasteiger partial charge in [-0.1, -0.05) is 19.1 Å². The van der Waals surface area contributed by atoms with Gasteiger partial charge < -0.3 is 20.7 Å². The number of phenolic OH excluding ortho intramolecular Hbond substituents is 1. The summed E-state index contributed by atoms with van der Waals surface area (Å²) in [5.74, 6) is -3.61. The van der Waals surface area contributed by atoms with Gasteiger partial charge in [-0.3, -0.25) is 9.59 Å². The average molecular weight is 281 g/mol. The first-order chi connectivity index (χ1) is 9.38. The fourth-order valence-electron chi connectivity index (χ4n) is 1.90. The summed E-state index contributed by atoms with van der Waals surface area (Å²) in [6.45, 7) is 3.26. The first kappa shape index (κ1) is 15.8. The summed E-state index contributed by atoms with van der Waals surface area (Å²) in [5.41, 5.74) is 6.20. The Morgan fingerprint density at radius 1 is 1.40 bits per heavy atom. The van der Waals surface area contributed by atoms with E-state index < -0.39 is 23.8 Å². The summed E-state index contributed by atoms with van der Waals surface area (Å²) in [4.78, 5) is 23.0. The molecule has 110 valence electrons. The van der Waals surface area contributed by atoms with Crippen LogP contribution in [0.25, 0.3) is 0 Å². The van der Waals surface area contributed by atoms with Crippen LogP contribution in [0, 0.1) is 11.8 Å². The number of phenols is 1. The van der Waals surface area contributed by atoms with E-state index in [-0.39, 0.29) is 24.5 Å². The summed E-state index contributed by atoms with van der Waals surface area (Å²) in [7, 11) is 0. The maximum absolute atomic E-state index is 11.9. The number of benzene rings is 1. The van der Waals surface area contributed by atoms with E-state index in [1.54, 1.807) is 19.1 Å². The monoisotopic (exact) mass is 281 g/mol. The molecule has 0 bridgehead atoms. The van der Waals surface area contributed by atoms with E-state index in [2.05, 4.69) is 0 Å². The molecule has 1 aromatic rings. The van der Waals surface area contributed by atoms with Crippen LogP contribution in [0.3, 0.4) is 0 Å². The quantitative estimate of drug-likeness (QED) is 0.413. The van der Waals surface area contributed by atoms with Gasteiger partial charge in [-0.25, -0.2) is 0 Å². The second kappa shape index (κ2) is 6.79. The van der Waals surface area contributed by atoms with E-state index in [4.69, 9.17) is 15.6 Å². The largest absolute Gasteiger partial charge is 0.506 e. The van der Waals surface area contributed by atoms with Crippen molar-refractivity contribution in [3.8, 4) is 5.75 Å². The number of rotatable bonds is 6. The minimum Gasteiger partial charge on any atom is -0.506 e. The molecule has 0 aromatic heterocycles. The van der Waals surface area contributed by atoms with Crippen LogP contribution < -0.4 is 5.73 Å². The summed E-state index contributed by atoms with van der Waals surface area (Å²) >= 11 is 0. The van der Waals surface area contributed by atoms with Crippen molar-refractivity contribution in [1.82, 2.24) is 0 Å². The number of aliphatic carboxylic acids is 1. The van der Waals surface area contributed by atoms with Crippen molar-refractivity contribution in [2.45, 2.75) is 20.3 Å². The zero-order valence-corrected chi connectivity index (χ0v) is 11.5. The molecule has 0 amide bonds. The Hall–Kier alpha value is -2.24. The Bertz CT molecular complexity index is 500. The molecule has 1 rings (SSSR count). The molecular formula is C14H19NO5. The van der Waals surface area contributed by atoms with Gasteiger partial charge in [0.05, 0.1) is 24.1 Å². The van der Waals surface area contributed by atoms with Gasteiger partial charge in [0.25, 0.3) is 0 Å². The first-order valence-corrected chi connectivity index (χ1v) is 6.34.